The van der Waals surface area contributed by atoms with Crippen LogP contribution < -0.4 is 10.4 Å². The third-order valence-electron chi connectivity index (χ3n) is 6.76. The number of unbranched alkanes of at least 4 members (excludes halogenated alkanes) is 1. The predicted molar refractivity (Wildman–Crippen MR) is 118 cm³/mol. The highest BCUT2D eigenvalue weighted by atomic mass is 28.3. The fourth-order valence-electron chi connectivity index (χ4n) is 4.98. The highest BCUT2D eigenvalue weighted by Gasteiger charge is 2.53. The molecule has 0 nitrogen and oxygen atoms in total. The normalized spacial score (nSPS) is 20.4. The van der Waals surface area contributed by atoms with Crippen LogP contribution in [0, 0.1) is 0 Å². The lowest BCUT2D eigenvalue weighted by Gasteiger charge is -2.47. The Bertz CT molecular complexity index is 774. The van der Waals surface area contributed by atoms with Gasteiger partial charge in [-0.15, -0.1) is 0 Å². The molecule has 0 fully saturated rings. The first-order chi connectivity index (χ1) is 12.5. The van der Waals surface area contributed by atoms with Gasteiger partial charge in [-0.25, -0.2) is 0 Å². The Morgan fingerprint density at radius 1 is 0.808 bits per heavy atom. The van der Waals surface area contributed by atoms with E-state index in [1.165, 1.54) is 30.0 Å². The molecule has 0 radical (unpaired) electrons. The van der Waals surface area contributed by atoms with Gasteiger partial charge >= 0.3 is 0 Å². The van der Waals surface area contributed by atoms with Crippen LogP contribution >= 0.6 is 0 Å². The summed E-state index contributed by atoms with van der Waals surface area (Å²) >= 11 is 0. The summed E-state index contributed by atoms with van der Waals surface area (Å²) in [5.74, 6) is 0. The molecule has 1 unspecified atom stereocenters. The minimum atomic E-state index is -2.04. The van der Waals surface area contributed by atoms with Crippen LogP contribution in [0.2, 0.25) is 11.1 Å². The highest BCUT2D eigenvalue weighted by Crippen LogP contribution is 2.54. The van der Waals surface area contributed by atoms with Crippen molar-refractivity contribution in [3.8, 4) is 0 Å². The van der Waals surface area contributed by atoms with E-state index in [-0.39, 0.29) is 5.04 Å². The second-order valence-corrected chi connectivity index (χ2v) is 12.5. The summed E-state index contributed by atoms with van der Waals surface area (Å²) in [4.78, 5) is 0. The molecule has 0 saturated carbocycles. The zero-order valence-corrected chi connectivity index (χ0v) is 18.0. The second-order valence-electron chi connectivity index (χ2n) is 8.02. The number of allylic oxidation sites excluding steroid dienone is 4. The largest absolute Gasteiger partial charge is 0.131 e. The first-order valence-electron chi connectivity index (χ1n) is 9.96. The van der Waals surface area contributed by atoms with Gasteiger partial charge in [0.2, 0.25) is 0 Å². The molecule has 2 aromatic carbocycles. The third kappa shape index (κ3) is 2.83. The minimum absolute atomic E-state index is 0.124. The number of hydrogen-bond acceptors (Lipinski definition) is 0. The van der Waals surface area contributed by atoms with Crippen LogP contribution in [0.25, 0.3) is 0 Å². The van der Waals surface area contributed by atoms with Crippen LogP contribution in [-0.4, -0.2) is 8.07 Å². The van der Waals surface area contributed by atoms with Gasteiger partial charge in [-0.05, 0) is 32.4 Å². The van der Waals surface area contributed by atoms with E-state index in [1.54, 1.807) is 15.9 Å². The fraction of sp³-hybridized carbons (Fsp3) is 0.360. The SMILES string of the molecule is CCCC[Si](c1ccccc1)(c1ccccc1)C1(C)C=C(C)C(C)=C1C. The minimum Gasteiger partial charge on any atom is -0.0733 e. The van der Waals surface area contributed by atoms with E-state index < -0.39 is 8.07 Å². The maximum absolute atomic E-state index is 2.60. The summed E-state index contributed by atoms with van der Waals surface area (Å²) in [7, 11) is -2.04. The van der Waals surface area contributed by atoms with Gasteiger partial charge in [0.25, 0.3) is 0 Å². The maximum Gasteiger partial charge on any atom is 0.131 e. The van der Waals surface area contributed by atoms with E-state index in [1.807, 2.05) is 0 Å². The molecule has 2 aromatic rings. The number of hydrogen-bond donors (Lipinski definition) is 0. The van der Waals surface area contributed by atoms with E-state index >= 15 is 0 Å². The molecule has 136 valence electrons. The van der Waals surface area contributed by atoms with Crippen LogP contribution in [0.1, 0.15) is 47.5 Å². The van der Waals surface area contributed by atoms with E-state index in [0.717, 1.165) is 0 Å². The average Bonchev–Trinajstić information content (AvgIpc) is 2.88. The van der Waals surface area contributed by atoms with Gasteiger partial charge in [0.05, 0.1) is 0 Å². The number of benzene rings is 2. The molecule has 0 bridgehead atoms. The quantitative estimate of drug-likeness (QED) is 0.545. The molecule has 1 aliphatic rings. The first-order valence-corrected chi connectivity index (χ1v) is 12.2. The van der Waals surface area contributed by atoms with Crippen molar-refractivity contribution in [2.45, 2.75) is 58.5 Å². The lowest BCUT2D eigenvalue weighted by molar-refractivity contribution is 0.809. The molecule has 0 spiro atoms. The van der Waals surface area contributed by atoms with Crippen molar-refractivity contribution < 1.29 is 0 Å². The molecule has 1 heteroatoms. The molecule has 1 atom stereocenters. The topological polar surface area (TPSA) is 0 Å². The van der Waals surface area contributed by atoms with E-state index in [4.69, 9.17) is 0 Å². The second kappa shape index (κ2) is 7.40. The Morgan fingerprint density at radius 3 is 1.69 bits per heavy atom. The van der Waals surface area contributed by atoms with Gasteiger partial charge in [-0.3, -0.25) is 0 Å². The Hall–Kier alpha value is -1.86. The van der Waals surface area contributed by atoms with Crippen molar-refractivity contribution in [3.05, 3.63) is 83.5 Å². The Balaban J connectivity index is 2.35. The molecule has 0 aromatic heterocycles. The van der Waals surface area contributed by atoms with Crippen LogP contribution in [-0.2, 0) is 0 Å². The van der Waals surface area contributed by atoms with Crippen molar-refractivity contribution in [3.63, 3.8) is 0 Å². The Kier molecular flexibility index (Phi) is 5.38. The molecule has 0 amide bonds. The molecule has 0 N–H and O–H groups in total. The van der Waals surface area contributed by atoms with E-state index in [0.29, 0.717) is 0 Å². The van der Waals surface area contributed by atoms with Crippen molar-refractivity contribution >= 4 is 18.4 Å². The molecule has 0 heterocycles. The number of rotatable bonds is 6. The summed E-state index contributed by atoms with van der Waals surface area (Å²) in [6.07, 6.45) is 5.12. The lowest BCUT2D eigenvalue weighted by Crippen LogP contribution is -2.65. The summed E-state index contributed by atoms with van der Waals surface area (Å²) in [6.45, 7) is 11.8. The van der Waals surface area contributed by atoms with Gasteiger partial charge in [0, 0.05) is 5.04 Å². The van der Waals surface area contributed by atoms with Crippen LogP contribution in [0.15, 0.2) is 83.5 Å². The average molecular weight is 361 g/mol. The molecule has 26 heavy (non-hydrogen) atoms. The summed E-state index contributed by atoms with van der Waals surface area (Å²) < 4.78 is 0. The molecular formula is C25H32Si. The Morgan fingerprint density at radius 2 is 1.31 bits per heavy atom. The third-order valence-corrected chi connectivity index (χ3v) is 12.8. The zero-order chi connectivity index (χ0) is 18.8. The van der Waals surface area contributed by atoms with Gasteiger partial charge in [0.15, 0.2) is 0 Å². The summed E-state index contributed by atoms with van der Waals surface area (Å²) in [6, 6.07) is 24.1. The van der Waals surface area contributed by atoms with Crippen molar-refractivity contribution in [1.29, 1.82) is 0 Å². The molecular weight excluding hydrogens is 328 g/mol. The summed E-state index contributed by atoms with van der Waals surface area (Å²) in [5, 5.41) is 3.26. The monoisotopic (exact) mass is 360 g/mol. The first kappa shape index (κ1) is 18.9. The van der Waals surface area contributed by atoms with Gasteiger partial charge in [-0.1, -0.05) is 115 Å². The Labute approximate surface area is 160 Å². The maximum atomic E-state index is 2.60. The van der Waals surface area contributed by atoms with E-state index in [2.05, 4.69) is 101 Å². The highest BCUT2D eigenvalue weighted by molar-refractivity contribution is 7.05. The molecule has 0 saturated heterocycles. The standard InChI is InChI=1S/C25H32Si/c1-6-7-18-26(23-14-10-8-11-15-23,24-16-12-9-13-17-24)25(5)19-20(2)21(3)22(25)4/h8-17,19H,6-7,18H2,1-5H3. The predicted octanol–water partition coefficient (Wildman–Crippen LogP) is 6.11. The zero-order valence-electron chi connectivity index (χ0n) is 17.0. The van der Waals surface area contributed by atoms with Crippen LogP contribution in [0.5, 0.6) is 0 Å². The fourth-order valence-corrected chi connectivity index (χ4v) is 11.3. The van der Waals surface area contributed by atoms with Crippen LogP contribution in [0.3, 0.4) is 0 Å². The van der Waals surface area contributed by atoms with Gasteiger partial charge < -0.3 is 0 Å². The van der Waals surface area contributed by atoms with Crippen molar-refractivity contribution in [2.24, 2.45) is 0 Å². The molecule has 3 rings (SSSR count). The van der Waals surface area contributed by atoms with E-state index in [9.17, 15) is 0 Å². The summed E-state index contributed by atoms with van der Waals surface area (Å²) in [5.41, 5.74) is 4.53. The van der Waals surface area contributed by atoms with Crippen LogP contribution in [0.4, 0.5) is 0 Å². The smallest absolute Gasteiger partial charge is 0.0733 e. The van der Waals surface area contributed by atoms with Crippen molar-refractivity contribution in [1.82, 2.24) is 0 Å². The van der Waals surface area contributed by atoms with Crippen molar-refractivity contribution in [2.75, 3.05) is 0 Å². The lowest BCUT2D eigenvalue weighted by atomic mass is 10.0. The van der Waals surface area contributed by atoms with Gasteiger partial charge in [-0.2, -0.15) is 0 Å². The van der Waals surface area contributed by atoms with Gasteiger partial charge in [0.1, 0.15) is 8.07 Å². The molecule has 0 aliphatic heterocycles. The molecule has 1 aliphatic carbocycles.